The van der Waals surface area contributed by atoms with E-state index in [4.69, 9.17) is 14.2 Å². The zero-order chi connectivity index (χ0) is 20.7. The molecule has 29 heavy (non-hydrogen) atoms. The van der Waals surface area contributed by atoms with Gasteiger partial charge in [-0.05, 0) is 31.2 Å². The van der Waals surface area contributed by atoms with E-state index in [1.54, 1.807) is 24.0 Å². The maximum absolute atomic E-state index is 12.5. The Morgan fingerprint density at radius 3 is 2.28 bits per heavy atom. The predicted molar refractivity (Wildman–Crippen MR) is 106 cm³/mol. The Balaban J connectivity index is 1.49. The topological polar surface area (TPSA) is 97.4 Å². The molecule has 0 aromatic heterocycles. The van der Waals surface area contributed by atoms with Crippen LogP contribution >= 0.6 is 0 Å². The molecule has 0 aliphatic carbocycles. The zero-order valence-electron chi connectivity index (χ0n) is 16.7. The summed E-state index contributed by atoms with van der Waals surface area (Å²) in [4.78, 5) is 16.4. The number of morpholine rings is 2. The molecule has 0 unspecified atom stereocenters. The second kappa shape index (κ2) is 10.4. The van der Waals surface area contributed by atoms with Crippen molar-refractivity contribution in [2.24, 2.45) is 0 Å². The van der Waals surface area contributed by atoms with Gasteiger partial charge in [0.25, 0.3) is 5.91 Å². The molecule has 0 spiro atoms. The van der Waals surface area contributed by atoms with Crippen LogP contribution in [-0.2, 0) is 24.3 Å². The second-order valence-electron chi connectivity index (χ2n) is 7.02. The van der Waals surface area contributed by atoms with E-state index >= 15 is 0 Å². The summed E-state index contributed by atoms with van der Waals surface area (Å²) in [6.45, 7) is 7.84. The van der Waals surface area contributed by atoms with Crippen LogP contribution < -0.4 is 9.46 Å². The molecule has 0 saturated carbocycles. The predicted octanol–water partition coefficient (Wildman–Crippen LogP) is -0.0768. The first kappa shape index (κ1) is 22.0. The molecule has 0 radical (unpaired) electrons. The Kier molecular flexibility index (Phi) is 7.84. The number of carbonyl (C=O) groups is 1. The first-order valence-corrected chi connectivity index (χ1v) is 11.4. The molecule has 1 amide bonds. The molecule has 1 aromatic carbocycles. The SMILES string of the molecule is C[C@H](Oc1ccc(S(=O)(=O)NCCN2CCOCC2)cc1)C(=O)N1CCOCC1. The molecule has 2 saturated heterocycles. The molecule has 10 heteroatoms. The van der Waals surface area contributed by atoms with Crippen molar-refractivity contribution < 1.29 is 27.4 Å². The van der Waals surface area contributed by atoms with Crippen molar-refractivity contribution >= 4 is 15.9 Å². The molecule has 2 fully saturated rings. The normalized spacial score (nSPS) is 19.7. The van der Waals surface area contributed by atoms with Crippen molar-refractivity contribution in [3.8, 4) is 5.75 Å². The second-order valence-corrected chi connectivity index (χ2v) is 8.79. The van der Waals surface area contributed by atoms with E-state index in [1.807, 2.05) is 0 Å². The molecule has 9 nitrogen and oxygen atoms in total. The first-order valence-electron chi connectivity index (χ1n) is 9.89. The number of carbonyl (C=O) groups excluding carboxylic acids is 1. The van der Waals surface area contributed by atoms with Crippen LogP contribution in [0.15, 0.2) is 29.2 Å². The Morgan fingerprint density at radius 2 is 1.66 bits per heavy atom. The van der Waals surface area contributed by atoms with E-state index < -0.39 is 16.1 Å². The van der Waals surface area contributed by atoms with Gasteiger partial charge in [-0.25, -0.2) is 13.1 Å². The van der Waals surface area contributed by atoms with Gasteiger partial charge in [-0.15, -0.1) is 0 Å². The van der Waals surface area contributed by atoms with Gasteiger partial charge < -0.3 is 19.1 Å². The summed E-state index contributed by atoms with van der Waals surface area (Å²) in [5.41, 5.74) is 0. The molecule has 162 valence electrons. The third-order valence-corrected chi connectivity index (χ3v) is 6.42. The molecule has 0 bridgehead atoms. The van der Waals surface area contributed by atoms with E-state index in [2.05, 4.69) is 9.62 Å². The summed E-state index contributed by atoms with van der Waals surface area (Å²) in [5.74, 6) is 0.348. The molecular formula is C19H29N3O6S. The summed E-state index contributed by atoms with van der Waals surface area (Å²) < 4.78 is 43.8. The van der Waals surface area contributed by atoms with Crippen LogP contribution in [-0.4, -0.2) is 95.9 Å². The Bertz CT molecular complexity index is 759. The van der Waals surface area contributed by atoms with Gasteiger partial charge in [0.05, 0.1) is 31.3 Å². The zero-order valence-corrected chi connectivity index (χ0v) is 17.5. The molecule has 1 N–H and O–H groups in total. The number of amides is 1. The van der Waals surface area contributed by atoms with Crippen LogP contribution in [0, 0.1) is 0 Å². The number of sulfonamides is 1. The summed E-state index contributed by atoms with van der Waals surface area (Å²) in [5, 5.41) is 0. The molecule has 2 aliphatic rings. The van der Waals surface area contributed by atoms with E-state index in [-0.39, 0.29) is 10.8 Å². The van der Waals surface area contributed by atoms with Crippen molar-refractivity contribution in [3.05, 3.63) is 24.3 Å². The van der Waals surface area contributed by atoms with Crippen LogP contribution in [0.1, 0.15) is 6.92 Å². The van der Waals surface area contributed by atoms with Gasteiger partial charge in [0.1, 0.15) is 5.75 Å². The average molecular weight is 428 g/mol. The van der Waals surface area contributed by atoms with Crippen molar-refractivity contribution in [2.45, 2.75) is 17.9 Å². The van der Waals surface area contributed by atoms with Crippen molar-refractivity contribution in [2.75, 3.05) is 65.7 Å². The van der Waals surface area contributed by atoms with Gasteiger partial charge in [0, 0.05) is 39.3 Å². The van der Waals surface area contributed by atoms with Crippen LogP contribution in [0.4, 0.5) is 0 Å². The molecular weight excluding hydrogens is 398 g/mol. The number of rotatable bonds is 8. The minimum atomic E-state index is -3.59. The van der Waals surface area contributed by atoms with Gasteiger partial charge in [0.2, 0.25) is 10.0 Å². The summed E-state index contributed by atoms with van der Waals surface area (Å²) in [6.07, 6.45) is -0.651. The van der Waals surface area contributed by atoms with Crippen LogP contribution in [0.5, 0.6) is 5.75 Å². The minimum Gasteiger partial charge on any atom is -0.481 e. The van der Waals surface area contributed by atoms with Crippen molar-refractivity contribution in [3.63, 3.8) is 0 Å². The number of nitrogens with one attached hydrogen (secondary N) is 1. The quantitative estimate of drug-likeness (QED) is 0.620. The fraction of sp³-hybridized carbons (Fsp3) is 0.632. The van der Waals surface area contributed by atoms with Crippen molar-refractivity contribution in [1.29, 1.82) is 0 Å². The highest BCUT2D eigenvalue weighted by atomic mass is 32.2. The lowest BCUT2D eigenvalue weighted by molar-refractivity contribution is -0.142. The lowest BCUT2D eigenvalue weighted by atomic mass is 10.3. The highest BCUT2D eigenvalue weighted by Crippen LogP contribution is 2.18. The lowest BCUT2D eigenvalue weighted by Crippen LogP contribution is -2.46. The maximum Gasteiger partial charge on any atom is 0.263 e. The van der Waals surface area contributed by atoms with E-state index in [9.17, 15) is 13.2 Å². The van der Waals surface area contributed by atoms with Crippen LogP contribution in [0.3, 0.4) is 0 Å². The first-order chi connectivity index (χ1) is 14.0. The Hall–Kier alpha value is -1.72. The Labute approximate surface area is 171 Å². The lowest BCUT2D eigenvalue weighted by Gasteiger charge is -2.29. The van der Waals surface area contributed by atoms with E-state index in [1.165, 1.54) is 12.1 Å². The molecule has 2 aliphatic heterocycles. The van der Waals surface area contributed by atoms with Crippen LogP contribution in [0.25, 0.3) is 0 Å². The van der Waals surface area contributed by atoms with Gasteiger partial charge in [-0.2, -0.15) is 0 Å². The standard InChI is InChI=1S/C19H29N3O6S/c1-16(19(23)22-10-14-27-15-11-22)28-17-2-4-18(5-3-17)29(24,25)20-6-7-21-8-12-26-13-9-21/h2-5,16,20H,6-15H2,1H3/t16-/m0/s1. The smallest absolute Gasteiger partial charge is 0.263 e. The largest absolute Gasteiger partial charge is 0.481 e. The van der Waals surface area contributed by atoms with E-state index in [0.29, 0.717) is 58.4 Å². The molecule has 1 aromatic rings. The number of nitrogens with zero attached hydrogens (tertiary/aromatic N) is 2. The highest BCUT2D eigenvalue weighted by molar-refractivity contribution is 7.89. The fourth-order valence-electron chi connectivity index (χ4n) is 3.24. The van der Waals surface area contributed by atoms with Gasteiger partial charge in [-0.3, -0.25) is 9.69 Å². The Morgan fingerprint density at radius 1 is 1.07 bits per heavy atom. The number of ether oxygens (including phenoxy) is 3. The summed E-state index contributed by atoms with van der Waals surface area (Å²) in [6, 6.07) is 6.11. The van der Waals surface area contributed by atoms with E-state index in [0.717, 1.165) is 13.1 Å². The third kappa shape index (κ3) is 6.38. The van der Waals surface area contributed by atoms with Crippen LogP contribution in [0.2, 0.25) is 0 Å². The third-order valence-electron chi connectivity index (χ3n) is 4.94. The number of hydrogen-bond acceptors (Lipinski definition) is 7. The van der Waals surface area contributed by atoms with Crippen molar-refractivity contribution in [1.82, 2.24) is 14.5 Å². The highest BCUT2D eigenvalue weighted by Gasteiger charge is 2.24. The average Bonchev–Trinajstić information content (AvgIpc) is 2.75. The molecule has 3 rings (SSSR count). The van der Waals surface area contributed by atoms with Gasteiger partial charge in [0.15, 0.2) is 6.10 Å². The minimum absolute atomic E-state index is 0.102. The number of hydrogen-bond donors (Lipinski definition) is 1. The molecule has 1 atom stereocenters. The molecule has 2 heterocycles. The monoisotopic (exact) mass is 427 g/mol. The maximum atomic E-state index is 12.5. The van der Waals surface area contributed by atoms with Gasteiger partial charge >= 0.3 is 0 Å². The summed E-state index contributed by atoms with van der Waals surface area (Å²) >= 11 is 0. The summed E-state index contributed by atoms with van der Waals surface area (Å²) in [7, 11) is -3.59. The van der Waals surface area contributed by atoms with Gasteiger partial charge in [-0.1, -0.05) is 0 Å². The fourth-order valence-corrected chi connectivity index (χ4v) is 4.26. The number of benzene rings is 1.